The Bertz CT molecular complexity index is 750. The SMILES string of the molecule is CCCOc1nccnc1N1CCC(N(C)C(=O)c2ccc(C)nc2)C1. The topological polar surface area (TPSA) is 71.5 Å². The highest BCUT2D eigenvalue weighted by molar-refractivity contribution is 5.94. The number of rotatable bonds is 6. The fraction of sp³-hybridized carbons (Fsp3) is 0.474. The Morgan fingerprint density at radius 1 is 1.31 bits per heavy atom. The Hall–Kier alpha value is -2.70. The van der Waals surface area contributed by atoms with Crippen molar-refractivity contribution in [3.05, 3.63) is 42.0 Å². The van der Waals surface area contributed by atoms with E-state index in [2.05, 4.69) is 26.8 Å². The first-order valence-corrected chi connectivity index (χ1v) is 8.98. The average Bonchev–Trinajstić information content (AvgIpc) is 3.16. The van der Waals surface area contributed by atoms with Crippen molar-refractivity contribution in [1.29, 1.82) is 0 Å². The van der Waals surface area contributed by atoms with Crippen LogP contribution in [0.15, 0.2) is 30.7 Å². The molecule has 0 radical (unpaired) electrons. The molecule has 3 heterocycles. The molecule has 3 rings (SSSR count). The fourth-order valence-electron chi connectivity index (χ4n) is 3.05. The molecule has 7 heteroatoms. The molecule has 2 aromatic rings. The van der Waals surface area contributed by atoms with Crippen LogP contribution >= 0.6 is 0 Å². The van der Waals surface area contributed by atoms with Crippen LogP contribution in [0, 0.1) is 6.92 Å². The third-order valence-electron chi connectivity index (χ3n) is 4.58. The number of hydrogen-bond acceptors (Lipinski definition) is 6. The van der Waals surface area contributed by atoms with Crippen molar-refractivity contribution in [3.63, 3.8) is 0 Å². The largest absolute Gasteiger partial charge is 0.475 e. The lowest BCUT2D eigenvalue weighted by molar-refractivity contribution is 0.0744. The van der Waals surface area contributed by atoms with E-state index >= 15 is 0 Å². The van der Waals surface area contributed by atoms with Gasteiger partial charge in [0.2, 0.25) is 0 Å². The number of carbonyl (C=O) groups is 1. The van der Waals surface area contributed by atoms with Gasteiger partial charge in [-0.2, -0.15) is 0 Å². The molecule has 0 aromatic carbocycles. The van der Waals surface area contributed by atoms with Gasteiger partial charge >= 0.3 is 0 Å². The summed E-state index contributed by atoms with van der Waals surface area (Å²) in [7, 11) is 1.85. The third kappa shape index (κ3) is 3.92. The van der Waals surface area contributed by atoms with Gasteiger partial charge in [0.25, 0.3) is 11.8 Å². The van der Waals surface area contributed by atoms with E-state index in [-0.39, 0.29) is 11.9 Å². The number of pyridine rings is 1. The van der Waals surface area contributed by atoms with Crippen molar-refractivity contribution in [2.24, 2.45) is 0 Å². The molecule has 1 amide bonds. The van der Waals surface area contributed by atoms with Gasteiger partial charge in [0, 0.05) is 44.4 Å². The Morgan fingerprint density at radius 3 is 2.85 bits per heavy atom. The van der Waals surface area contributed by atoms with Crippen LogP contribution in [0.1, 0.15) is 35.8 Å². The first-order chi connectivity index (χ1) is 12.6. The summed E-state index contributed by atoms with van der Waals surface area (Å²) >= 11 is 0. The van der Waals surface area contributed by atoms with Crippen LogP contribution in [0.5, 0.6) is 5.88 Å². The fourth-order valence-corrected chi connectivity index (χ4v) is 3.05. The molecule has 0 saturated carbocycles. The number of anilines is 1. The quantitative estimate of drug-likeness (QED) is 0.792. The molecule has 1 saturated heterocycles. The minimum Gasteiger partial charge on any atom is -0.475 e. The van der Waals surface area contributed by atoms with E-state index in [9.17, 15) is 4.79 Å². The van der Waals surface area contributed by atoms with E-state index in [4.69, 9.17) is 4.74 Å². The predicted molar refractivity (Wildman–Crippen MR) is 99.5 cm³/mol. The molecule has 1 unspecified atom stereocenters. The first kappa shape index (κ1) is 18.1. The molecule has 1 fully saturated rings. The molecule has 7 nitrogen and oxygen atoms in total. The molecule has 138 valence electrons. The van der Waals surface area contributed by atoms with Crippen molar-refractivity contribution in [1.82, 2.24) is 19.9 Å². The van der Waals surface area contributed by atoms with Crippen LogP contribution < -0.4 is 9.64 Å². The highest BCUT2D eigenvalue weighted by atomic mass is 16.5. The van der Waals surface area contributed by atoms with Crippen LogP contribution in [0.25, 0.3) is 0 Å². The highest BCUT2D eigenvalue weighted by Crippen LogP contribution is 2.28. The van der Waals surface area contributed by atoms with Crippen molar-refractivity contribution < 1.29 is 9.53 Å². The van der Waals surface area contributed by atoms with Crippen LogP contribution in [-0.2, 0) is 0 Å². The molecule has 0 spiro atoms. The molecule has 0 aliphatic carbocycles. The average molecular weight is 355 g/mol. The molecule has 2 aromatic heterocycles. The predicted octanol–water partition coefficient (Wildman–Crippen LogP) is 2.32. The van der Waals surface area contributed by atoms with Gasteiger partial charge in [-0.1, -0.05) is 6.92 Å². The van der Waals surface area contributed by atoms with Crippen molar-refractivity contribution in [2.75, 3.05) is 31.6 Å². The molecule has 1 atom stereocenters. The summed E-state index contributed by atoms with van der Waals surface area (Å²) in [5.74, 6) is 1.30. The van der Waals surface area contributed by atoms with Gasteiger partial charge in [-0.25, -0.2) is 9.97 Å². The van der Waals surface area contributed by atoms with Crippen molar-refractivity contribution >= 4 is 11.7 Å². The van der Waals surface area contributed by atoms with E-state index in [0.717, 1.165) is 30.9 Å². The zero-order valence-corrected chi connectivity index (χ0v) is 15.6. The number of aromatic nitrogens is 3. The van der Waals surface area contributed by atoms with E-state index in [1.54, 1.807) is 23.5 Å². The minimum atomic E-state index is -0.00838. The summed E-state index contributed by atoms with van der Waals surface area (Å²) < 4.78 is 5.72. The molecule has 1 aliphatic rings. The maximum Gasteiger partial charge on any atom is 0.257 e. The maximum atomic E-state index is 12.7. The van der Waals surface area contributed by atoms with E-state index in [1.165, 1.54) is 0 Å². The van der Waals surface area contributed by atoms with Gasteiger partial charge in [-0.3, -0.25) is 9.78 Å². The summed E-state index contributed by atoms with van der Waals surface area (Å²) in [6.45, 7) is 6.11. The number of aryl methyl sites for hydroxylation is 1. The maximum absolute atomic E-state index is 12.7. The van der Waals surface area contributed by atoms with Gasteiger partial charge in [-0.15, -0.1) is 0 Å². The number of hydrogen-bond donors (Lipinski definition) is 0. The summed E-state index contributed by atoms with van der Waals surface area (Å²) in [5.41, 5.74) is 1.52. The zero-order valence-electron chi connectivity index (χ0n) is 15.6. The summed E-state index contributed by atoms with van der Waals surface area (Å²) in [6, 6.07) is 3.80. The van der Waals surface area contributed by atoms with Crippen LogP contribution in [0.3, 0.4) is 0 Å². The normalized spacial score (nSPS) is 16.6. The molecular formula is C19H25N5O2. The first-order valence-electron chi connectivity index (χ1n) is 8.98. The standard InChI is InChI=1S/C19H25N5O2/c1-4-11-26-18-17(20-8-9-21-18)24-10-7-16(13-24)23(3)19(25)15-6-5-14(2)22-12-15/h5-6,8-9,12,16H,4,7,10-11,13H2,1-3H3. The second-order valence-corrected chi connectivity index (χ2v) is 6.53. The van der Waals surface area contributed by atoms with Crippen LogP contribution in [-0.4, -0.2) is 58.5 Å². The Labute approximate surface area is 154 Å². The number of likely N-dealkylation sites (N-methyl/N-ethyl adjacent to an activating group) is 1. The summed E-state index contributed by atoms with van der Waals surface area (Å²) in [4.78, 5) is 29.6. The van der Waals surface area contributed by atoms with E-state index in [1.807, 2.05) is 26.1 Å². The Balaban J connectivity index is 1.68. The minimum absolute atomic E-state index is 0.00838. The summed E-state index contributed by atoms with van der Waals surface area (Å²) in [6.07, 6.45) is 6.75. The van der Waals surface area contributed by atoms with Gasteiger partial charge in [0.1, 0.15) is 0 Å². The number of amides is 1. The second-order valence-electron chi connectivity index (χ2n) is 6.53. The molecule has 26 heavy (non-hydrogen) atoms. The monoisotopic (exact) mass is 355 g/mol. The van der Waals surface area contributed by atoms with Crippen LogP contribution in [0.2, 0.25) is 0 Å². The Kier molecular flexibility index (Phi) is 5.65. The van der Waals surface area contributed by atoms with Gasteiger partial charge in [0.15, 0.2) is 5.82 Å². The van der Waals surface area contributed by atoms with Crippen molar-refractivity contribution in [2.45, 2.75) is 32.7 Å². The Morgan fingerprint density at radius 2 is 2.12 bits per heavy atom. The number of nitrogens with zero attached hydrogens (tertiary/aromatic N) is 5. The molecule has 0 bridgehead atoms. The zero-order chi connectivity index (χ0) is 18.5. The molecule has 1 aliphatic heterocycles. The number of carbonyl (C=O) groups excluding carboxylic acids is 1. The number of ether oxygens (including phenoxy) is 1. The van der Waals surface area contributed by atoms with Gasteiger partial charge in [0.05, 0.1) is 18.2 Å². The highest BCUT2D eigenvalue weighted by Gasteiger charge is 2.31. The summed E-state index contributed by atoms with van der Waals surface area (Å²) in [5, 5.41) is 0. The van der Waals surface area contributed by atoms with Gasteiger partial charge in [-0.05, 0) is 31.9 Å². The third-order valence-corrected chi connectivity index (χ3v) is 4.58. The molecular weight excluding hydrogens is 330 g/mol. The van der Waals surface area contributed by atoms with Crippen LogP contribution in [0.4, 0.5) is 5.82 Å². The lowest BCUT2D eigenvalue weighted by Gasteiger charge is -2.25. The van der Waals surface area contributed by atoms with Crippen molar-refractivity contribution in [3.8, 4) is 5.88 Å². The smallest absolute Gasteiger partial charge is 0.257 e. The van der Waals surface area contributed by atoms with E-state index in [0.29, 0.717) is 24.6 Å². The van der Waals surface area contributed by atoms with Gasteiger partial charge < -0.3 is 14.5 Å². The lowest BCUT2D eigenvalue weighted by Crippen LogP contribution is -2.39. The van der Waals surface area contributed by atoms with E-state index < -0.39 is 0 Å². The second kappa shape index (κ2) is 8.12. The lowest BCUT2D eigenvalue weighted by atomic mass is 10.2. The molecule has 0 N–H and O–H groups in total.